The van der Waals surface area contributed by atoms with Crippen LogP contribution in [0, 0.1) is 11.8 Å². The summed E-state index contributed by atoms with van der Waals surface area (Å²) in [7, 11) is 0. The van der Waals surface area contributed by atoms with E-state index in [1.54, 1.807) is 6.92 Å². The number of esters is 1. The number of ether oxygens (including phenoxy) is 1. The molecule has 0 rings (SSSR count). The first-order valence-corrected chi connectivity index (χ1v) is 7.23. The van der Waals surface area contributed by atoms with E-state index in [9.17, 15) is 4.79 Å². The molecule has 0 bridgehead atoms. The summed E-state index contributed by atoms with van der Waals surface area (Å²) in [6.45, 7) is 20.4. The predicted octanol–water partition coefficient (Wildman–Crippen LogP) is 3.84. The molecule has 3 atom stereocenters. The summed E-state index contributed by atoms with van der Waals surface area (Å²) < 4.78 is 5.50. The first-order valence-electron chi connectivity index (χ1n) is 7.23. The highest BCUT2D eigenvalue weighted by Gasteiger charge is 2.30. The van der Waals surface area contributed by atoms with E-state index < -0.39 is 0 Å². The standard InChI is InChI=1S/C16H31NO2/c1-10(2)13(7)17(14(8)11(3)4)15(9)19-16(18)12(5)6/h10-11,13-15H,5H2,1-4,6-9H3. The highest BCUT2D eigenvalue weighted by atomic mass is 16.6. The van der Waals surface area contributed by atoms with Gasteiger partial charge in [-0.05, 0) is 39.5 Å². The van der Waals surface area contributed by atoms with E-state index in [4.69, 9.17) is 4.74 Å². The molecule has 0 amide bonds. The van der Waals surface area contributed by atoms with Crippen molar-refractivity contribution in [1.82, 2.24) is 4.90 Å². The van der Waals surface area contributed by atoms with Gasteiger partial charge in [0.2, 0.25) is 0 Å². The molecule has 112 valence electrons. The highest BCUT2D eigenvalue weighted by molar-refractivity contribution is 5.87. The van der Waals surface area contributed by atoms with E-state index in [1.165, 1.54) is 0 Å². The van der Waals surface area contributed by atoms with Crippen molar-refractivity contribution in [3.8, 4) is 0 Å². The van der Waals surface area contributed by atoms with Gasteiger partial charge in [0.25, 0.3) is 0 Å². The Morgan fingerprint density at radius 3 is 1.58 bits per heavy atom. The zero-order valence-electron chi connectivity index (χ0n) is 13.9. The molecule has 0 N–H and O–H groups in total. The van der Waals surface area contributed by atoms with Gasteiger partial charge in [-0.3, -0.25) is 4.90 Å². The Kier molecular flexibility index (Phi) is 7.35. The quantitative estimate of drug-likeness (QED) is 0.399. The lowest BCUT2D eigenvalue weighted by Crippen LogP contribution is -2.51. The van der Waals surface area contributed by atoms with Gasteiger partial charge in [0, 0.05) is 17.7 Å². The van der Waals surface area contributed by atoms with Crippen molar-refractivity contribution in [1.29, 1.82) is 0 Å². The Morgan fingerprint density at radius 1 is 0.947 bits per heavy atom. The van der Waals surface area contributed by atoms with Crippen molar-refractivity contribution in [3.63, 3.8) is 0 Å². The number of hydrogen-bond donors (Lipinski definition) is 0. The fraction of sp³-hybridized carbons (Fsp3) is 0.812. The molecule has 0 radical (unpaired) electrons. The Labute approximate surface area is 119 Å². The maximum absolute atomic E-state index is 11.7. The van der Waals surface area contributed by atoms with Gasteiger partial charge >= 0.3 is 5.97 Å². The van der Waals surface area contributed by atoms with Gasteiger partial charge in [-0.2, -0.15) is 0 Å². The Morgan fingerprint density at radius 2 is 1.32 bits per heavy atom. The van der Waals surface area contributed by atoms with Crippen molar-refractivity contribution in [2.45, 2.75) is 73.7 Å². The first-order chi connectivity index (χ1) is 8.59. The van der Waals surface area contributed by atoms with Crippen LogP contribution in [0.3, 0.4) is 0 Å². The molecule has 0 aliphatic rings. The molecule has 0 saturated heterocycles. The zero-order valence-corrected chi connectivity index (χ0v) is 13.9. The van der Waals surface area contributed by atoms with Crippen LogP contribution in [0.1, 0.15) is 55.4 Å². The average Bonchev–Trinajstić information content (AvgIpc) is 2.28. The van der Waals surface area contributed by atoms with Crippen LogP contribution in [0.25, 0.3) is 0 Å². The predicted molar refractivity (Wildman–Crippen MR) is 80.8 cm³/mol. The average molecular weight is 269 g/mol. The van der Waals surface area contributed by atoms with Crippen molar-refractivity contribution in [2.75, 3.05) is 0 Å². The maximum atomic E-state index is 11.7. The molecule has 0 aliphatic heterocycles. The van der Waals surface area contributed by atoms with Crippen molar-refractivity contribution in [3.05, 3.63) is 12.2 Å². The van der Waals surface area contributed by atoms with Gasteiger partial charge in [0.15, 0.2) is 6.23 Å². The molecule has 0 aliphatic carbocycles. The Hall–Kier alpha value is -0.830. The van der Waals surface area contributed by atoms with E-state index in [1.807, 2.05) is 6.92 Å². The van der Waals surface area contributed by atoms with Crippen LogP contribution in [-0.4, -0.2) is 29.2 Å². The van der Waals surface area contributed by atoms with Gasteiger partial charge in [-0.1, -0.05) is 34.3 Å². The van der Waals surface area contributed by atoms with Crippen molar-refractivity contribution in [2.24, 2.45) is 11.8 Å². The molecule has 3 heteroatoms. The van der Waals surface area contributed by atoms with E-state index in [0.29, 0.717) is 29.5 Å². The molecular weight excluding hydrogens is 238 g/mol. The number of nitrogens with zero attached hydrogens (tertiary/aromatic N) is 1. The minimum absolute atomic E-state index is 0.237. The number of carbonyl (C=O) groups excluding carboxylic acids is 1. The summed E-state index contributed by atoms with van der Waals surface area (Å²) in [5, 5.41) is 0. The number of hydrogen-bond acceptors (Lipinski definition) is 3. The monoisotopic (exact) mass is 269 g/mol. The maximum Gasteiger partial charge on any atom is 0.334 e. The second-order valence-electron chi connectivity index (χ2n) is 6.20. The number of carbonyl (C=O) groups is 1. The fourth-order valence-corrected chi connectivity index (χ4v) is 2.04. The molecule has 19 heavy (non-hydrogen) atoms. The minimum atomic E-state index is -0.315. The van der Waals surface area contributed by atoms with Crippen LogP contribution in [0.5, 0.6) is 0 Å². The van der Waals surface area contributed by atoms with Crippen LogP contribution in [0.4, 0.5) is 0 Å². The van der Waals surface area contributed by atoms with Gasteiger partial charge in [-0.25, -0.2) is 4.79 Å². The first kappa shape index (κ1) is 18.2. The lowest BCUT2D eigenvalue weighted by Gasteiger charge is -2.42. The third-order valence-corrected chi connectivity index (χ3v) is 3.92. The van der Waals surface area contributed by atoms with Crippen LogP contribution >= 0.6 is 0 Å². The SMILES string of the molecule is C=C(C)C(=O)OC(C)N(C(C)C(C)C)C(C)C(C)C. The Balaban J connectivity index is 5.02. The molecule has 3 unspecified atom stereocenters. The molecule has 0 heterocycles. The van der Waals surface area contributed by atoms with Crippen LogP contribution in [0.15, 0.2) is 12.2 Å². The normalized spacial score (nSPS) is 16.6. The van der Waals surface area contributed by atoms with E-state index in [2.05, 4.69) is 53.0 Å². The summed E-state index contributed by atoms with van der Waals surface area (Å²) in [5.74, 6) is 0.698. The lowest BCUT2D eigenvalue weighted by molar-refractivity contribution is -0.159. The Bertz CT molecular complexity index is 296. The molecule has 0 saturated carbocycles. The largest absolute Gasteiger partial charge is 0.443 e. The van der Waals surface area contributed by atoms with Gasteiger partial charge in [0.05, 0.1) is 0 Å². The zero-order chi connectivity index (χ0) is 15.3. The molecule has 0 aromatic rings. The van der Waals surface area contributed by atoms with Gasteiger partial charge in [-0.15, -0.1) is 0 Å². The van der Waals surface area contributed by atoms with E-state index >= 15 is 0 Å². The van der Waals surface area contributed by atoms with E-state index in [-0.39, 0.29) is 12.2 Å². The molecule has 0 aromatic carbocycles. The molecule has 0 aromatic heterocycles. The van der Waals surface area contributed by atoms with Crippen LogP contribution in [-0.2, 0) is 9.53 Å². The summed E-state index contributed by atoms with van der Waals surface area (Å²) in [4.78, 5) is 14.0. The van der Waals surface area contributed by atoms with Crippen molar-refractivity contribution >= 4 is 5.97 Å². The summed E-state index contributed by atoms with van der Waals surface area (Å²) in [5.41, 5.74) is 0.446. The van der Waals surface area contributed by atoms with Gasteiger partial charge < -0.3 is 4.74 Å². The molecule has 0 spiro atoms. The van der Waals surface area contributed by atoms with Crippen molar-refractivity contribution < 1.29 is 9.53 Å². The second-order valence-corrected chi connectivity index (χ2v) is 6.20. The smallest absolute Gasteiger partial charge is 0.334 e. The van der Waals surface area contributed by atoms with Crippen LogP contribution < -0.4 is 0 Å². The van der Waals surface area contributed by atoms with Gasteiger partial charge in [0.1, 0.15) is 0 Å². The van der Waals surface area contributed by atoms with E-state index in [0.717, 1.165) is 0 Å². The third-order valence-electron chi connectivity index (χ3n) is 3.92. The lowest BCUT2D eigenvalue weighted by atomic mass is 9.97. The summed E-state index contributed by atoms with van der Waals surface area (Å²) >= 11 is 0. The third kappa shape index (κ3) is 5.35. The molecule has 3 nitrogen and oxygen atoms in total. The highest BCUT2D eigenvalue weighted by Crippen LogP contribution is 2.22. The minimum Gasteiger partial charge on any atom is -0.443 e. The second kappa shape index (κ2) is 7.68. The summed E-state index contributed by atoms with van der Waals surface area (Å²) in [6, 6.07) is 0.704. The van der Waals surface area contributed by atoms with Crippen LogP contribution in [0.2, 0.25) is 0 Å². The molecule has 0 fully saturated rings. The topological polar surface area (TPSA) is 29.5 Å². The number of rotatable bonds is 7. The fourth-order valence-electron chi connectivity index (χ4n) is 2.04. The molecular formula is C16H31NO2. The summed E-state index contributed by atoms with van der Waals surface area (Å²) in [6.07, 6.45) is -0.237.